The van der Waals surface area contributed by atoms with Gasteiger partial charge in [0.05, 0.1) is 16.8 Å². The number of hydrogen-bond donors (Lipinski definition) is 0. The van der Waals surface area contributed by atoms with E-state index in [-0.39, 0.29) is 0 Å². The summed E-state index contributed by atoms with van der Waals surface area (Å²) in [6.45, 7) is 9.11. The Hall–Kier alpha value is -2.04. The van der Waals surface area contributed by atoms with Gasteiger partial charge in [0.15, 0.2) is 6.54 Å². The van der Waals surface area contributed by atoms with E-state index in [4.69, 9.17) is 0 Å². The van der Waals surface area contributed by atoms with Gasteiger partial charge in [-0.2, -0.15) is 4.57 Å². The van der Waals surface area contributed by atoms with Crippen molar-refractivity contribution >= 4 is 45.1 Å². The van der Waals surface area contributed by atoms with Gasteiger partial charge in [0.25, 0.3) is 5.01 Å². The predicted molar refractivity (Wildman–Crippen MR) is 110 cm³/mol. The van der Waals surface area contributed by atoms with E-state index in [1.807, 2.05) is 29.2 Å². The van der Waals surface area contributed by atoms with Crippen LogP contribution in [0.4, 0.5) is 5.69 Å². The third-order valence-corrected chi connectivity index (χ3v) is 6.94. The molecule has 4 rings (SSSR count). The molecule has 0 fully saturated rings. The molecule has 0 aliphatic carbocycles. The van der Waals surface area contributed by atoms with Gasteiger partial charge in [-0.15, -0.1) is 0 Å². The Morgan fingerprint density at radius 2 is 1.92 bits per heavy atom. The molecular formula is C21H21N2S2+. The SMILES string of the molecule is C=CC[n+]1c(/C=C2/Sc3cc(C)c(C)cc3N2C)sc2ccccc21. The van der Waals surface area contributed by atoms with Crippen LogP contribution in [0.15, 0.2) is 59.0 Å². The normalized spacial score (nSPS) is 15.2. The van der Waals surface area contributed by atoms with Gasteiger partial charge in [0.2, 0.25) is 5.52 Å². The van der Waals surface area contributed by atoms with E-state index in [1.54, 1.807) is 0 Å². The van der Waals surface area contributed by atoms with Crippen molar-refractivity contribution in [3.63, 3.8) is 0 Å². The van der Waals surface area contributed by atoms with Gasteiger partial charge in [-0.05, 0) is 49.2 Å². The molecule has 0 bridgehead atoms. The number of aromatic nitrogens is 1. The molecule has 0 N–H and O–H groups in total. The molecule has 2 nitrogen and oxygen atoms in total. The Bertz CT molecular complexity index is 1010. The lowest BCUT2D eigenvalue weighted by atomic mass is 10.1. The lowest BCUT2D eigenvalue weighted by Gasteiger charge is -2.13. The van der Waals surface area contributed by atoms with Crippen LogP contribution in [0.25, 0.3) is 16.3 Å². The smallest absolute Gasteiger partial charge is 0.265 e. The quantitative estimate of drug-likeness (QED) is 0.445. The van der Waals surface area contributed by atoms with E-state index in [1.165, 1.54) is 42.0 Å². The maximum Gasteiger partial charge on any atom is 0.265 e. The summed E-state index contributed by atoms with van der Waals surface area (Å²) in [6.07, 6.45) is 4.28. The summed E-state index contributed by atoms with van der Waals surface area (Å²) in [6, 6.07) is 13.2. The fourth-order valence-corrected chi connectivity index (χ4v) is 5.48. The van der Waals surface area contributed by atoms with Crippen molar-refractivity contribution in [3.8, 4) is 0 Å². The zero-order valence-corrected chi connectivity index (χ0v) is 16.4. The number of anilines is 1. The second kappa shape index (κ2) is 6.36. The summed E-state index contributed by atoms with van der Waals surface area (Å²) in [5.41, 5.74) is 5.27. The molecule has 0 radical (unpaired) electrons. The van der Waals surface area contributed by atoms with Crippen molar-refractivity contribution in [1.29, 1.82) is 0 Å². The first-order chi connectivity index (χ1) is 12.1. The molecule has 1 aromatic heterocycles. The second-order valence-corrected chi connectivity index (χ2v) is 8.48. The van der Waals surface area contributed by atoms with Crippen LogP contribution in [0.5, 0.6) is 0 Å². The van der Waals surface area contributed by atoms with E-state index in [0.717, 1.165) is 6.54 Å². The first kappa shape index (κ1) is 16.4. The lowest BCUT2D eigenvalue weighted by Crippen LogP contribution is -2.34. The van der Waals surface area contributed by atoms with E-state index < -0.39 is 0 Å². The largest absolute Gasteiger partial charge is 0.338 e. The van der Waals surface area contributed by atoms with E-state index >= 15 is 0 Å². The summed E-state index contributed by atoms with van der Waals surface area (Å²) in [4.78, 5) is 3.64. The minimum atomic E-state index is 0.822. The lowest BCUT2D eigenvalue weighted by molar-refractivity contribution is -0.658. The predicted octanol–water partition coefficient (Wildman–Crippen LogP) is 5.53. The van der Waals surface area contributed by atoms with Gasteiger partial charge in [-0.1, -0.05) is 41.8 Å². The van der Waals surface area contributed by atoms with Crippen LogP contribution in [0, 0.1) is 13.8 Å². The third kappa shape index (κ3) is 2.79. The van der Waals surface area contributed by atoms with E-state index in [9.17, 15) is 0 Å². The number of rotatable bonds is 3. The topological polar surface area (TPSA) is 7.12 Å². The van der Waals surface area contributed by atoms with Crippen LogP contribution in [-0.2, 0) is 6.54 Å². The standard InChI is InChI=1S/C21H21N2S2/c1-5-10-23-16-8-6-7-9-18(16)24-21(23)13-20-22(4)17-11-14(2)15(3)12-19(17)25-20/h5-9,11-13H,1,10H2,2-4H3/q+1. The Morgan fingerprint density at radius 1 is 1.16 bits per heavy atom. The van der Waals surface area contributed by atoms with Crippen molar-refractivity contribution < 1.29 is 4.57 Å². The highest BCUT2D eigenvalue weighted by Gasteiger charge is 2.25. The van der Waals surface area contributed by atoms with Crippen molar-refractivity contribution in [1.82, 2.24) is 0 Å². The summed E-state index contributed by atoms with van der Waals surface area (Å²) in [5.74, 6) is 0. The molecule has 0 spiro atoms. The Kier molecular flexibility index (Phi) is 4.18. The molecule has 1 aliphatic rings. The molecule has 0 saturated carbocycles. The number of thioether (sulfide) groups is 1. The summed E-state index contributed by atoms with van der Waals surface area (Å²) < 4.78 is 3.65. The molecule has 2 aromatic carbocycles. The molecule has 126 valence electrons. The average Bonchev–Trinajstić information content (AvgIpc) is 3.08. The zero-order valence-electron chi connectivity index (χ0n) is 14.7. The summed E-state index contributed by atoms with van der Waals surface area (Å²) in [5, 5.41) is 2.53. The number of benzene rings is 2. The highest BCUT2D eigenvalue weighted by molar-refractivity contribution is 8.03. The van der Waals surface area contributed by atoms with E-state index in [0.29, 0.717) is 0 Å². The Balaban J connectivity index is 1.81. The van der Waals surface area contributed by atoms with E-state index in [2.05, 4.69) is 79.4 Å². The highest BCUT2D eigenvalue weighted by atomic mass is 32.2. The number of fused-ring (bicyclic) bond motifs is 2. The fourth-order valence-electron chi connectivity index (χ4n) is 3.13. The average molecular weight is 366 g/mol. The fraction of sp³-hybridized carbons (Fsp3) is 0.190. The van der Waals surface area contributed by atoms with Gasteiger partial charge in [-0.3, -0.25) is 0 Å². The molecule has 0 saturated heterocycles. The molecule has 2 heterocycles. The molecule has 3 aromatic rings. The molecular weight excluding hydrogens is 344 g/mol. The first-order valence-corrected chi connectivity index (χ1v) is 9.98. The summed E-state index contributed by atoms with van der Waals surface area (Å²) in [7, 11) is 2.16. The van der Waals surface area contributed by atoms with Crippen LogP contribution in [0.2, 0.25) is 0 Å². The molecule has 0 unspecified atom stereocenters. The second-order valence-electron chi connectivity index (χ2n) is 6.36. The van der Waals surface area contributed by atoms with Crippen molar-refractivity contribution in [2.24, 2.45) is 0 Å². The molecule has 4 heteroatoms. The number of thiazole rings is 1. The van der Waals surface area contributed by atoms with Gasteiger partial charge in [0.1, 0.15) is 4.70 Å². The zero-order chi connectivity index (χ0) is 17.6. The van der Waals surface area contributed by atoms with Crippen LogP contribution >= 0.6 is 23.1 Å². The number of nitrogens with zero attached hydrogens (tertiary/aromatic N) is 2. The maximum atomic E-state index is 3.93. The van der Waals surface area contributed by atoms with Crippen LogP contribution in [-0.4, -0.2) is 7.05 Å². The number of hydrogen-bond acceptors (Lipinski definition) is 3. The minimum absolute atomic E-state index is 0.822. The van der Waals surface area contributed by atoms with Crippen LogP contribution < -0.4 is 9.47 Å². The van der Waals surface area contributed by atoms with Crippen LogP contribution in [0.1, 0.15) is 16.1 Å². The molecule has 25 heavy (non-hydrogen) atoms. The van der Waals surface area contributed by atoms with Gasteiger partial charge in [-0.25, -0.2) is 0 Å². The number of aryl methyl sites for hydroxylation is 2. The Morgan fingerprint density at radius 3 is 2.72 bits per heavy atom. The van der Waals surface area contributed by atoms with Crippen molar-refractivity contribution in [3.05, 3.63) is 70.2 Å². The van der Waals surface area contributed by atoms with Crippen molar-refractivity contribution in [2.75, 3.05) is 11.9 Å². The van der Waals surface area contributed by atoms with Gasteiger partial charge < -0.3 is 4.90 Å². The Labute approximate surface area is 157 Å². The highest BCUT2D eigenvalue weighted by Crippen LogP contribution is 2.46. The van der Waals surface area contributed by atoms with Crippen LogP contribution in [0.3, 0.4) is 0 Å². The summed E-state index contributed by atoms with van der Waals surface area (Å²) >= 11 is 3.69. The molecule has 1 aliphatic heterocycles. The number of para-hydroxylation sites is 1. The molecule has 0 atom stereocenters. The first-order valence-electron chi connectivity index (χ1n) is 8.35. The number of allylic oxidation sites excluding steroid dienone is 1. The minimum Gasteiger partial charge on any atom is -0.338 e. The van der Waals surface area contributed by atoms with Gasteiger partial charge in [0, 0.05) is 18.0 Å². The van der Waals surface area contributed by atoms with Crippen molar-refractivity contribution in [2.45, 2.75) is 25.3 Å². The maximum absolute atomic E-state index is 3.93. The van der Waals surface area contributed by atoms with Gasteiger partial charge >= 0.3 is 0 Å². The monoisotopic (exact) mass is 365 g/mol. The molecule has 0 amide bonds. The third-order valence-electron chi connectivity index (χ3n) is 4.68.